The van der Waals surface area contributed by atoms with Gasteiger partial charge in [-0.05, 0) is 37.0 Å². The number of hydrogen-bond acceptors (Lipinski definition) is 4. The Kier molecular flexibility index (Phi) is 2.71. The van der Waals surface area contributed by atoms with Crippen molar-refractivity contribution < 1.29 is 4.74 Å². The zero-order valence-electron chi connectivity index (χ0n) is 9.16. The van der Waals surface area contributed by atoms with Gasteiger partial charge in [0.2, 0.25) is 0 Å². The third-order valence-electron chi connectivity index (χ3n) is 3.23. The Morgan fingerprint density at radius 1 is 1.44 bits per heavy atom. The van der Waals surface area contributed by atoms with E-state index in [1.165, 1.54) is 34.6 Å². The van der Waals surface area contributed by atoms with E-state index < -0.39 is 0 Å². The van der Waals surface area contributed by atoms with Crippen LogP contribution in [0.3, 0.4) is 0 Å². The summed E-state index contributed by atoms with van der Waals surface area (Å²) in [7, 11) is 0. The lowest BCUT2D eigenvalue weighted by molar-refractivity contribution is 0.216. The van der Waals surface area contributed by atoms with E-state index in [1.54, 1.807) is 0 Å². The second kappa shape index (κ2) is 4.20. The summed E-state index contributed by atoms with van der Waals surface area (Å²) in [4.78, 5) is 2.83. The van der Waals surface area contributed by atoms with E-state index in [1.807, 2.05) is 11.3 Å². The minimum absolute atomic E-state index is 0.0538. The molecule has 1 unspecified atom stereocenters. The lowest BCUT2D eigenvalue weighted by Gasteiger charge is -2.15. The predicted octanol–water partition coefficient (Wildman–Crippen LogP) is 2.05. The lowest BCUT2D eigenvalue weighted by atomic mass is 10.1. The summed E-state index contributed by atoms with van der Waals surface area (Å²) in [5.74, 6) is 6.63. The molecule has 1 aromatic heterocycles. The molecule has 3 rings (SSSR count). The average Bonchev–Trinajstić information content (AvgIpc) is 2.91. The smallest absolute Gasteiger partial charge is 0.116 e. The zero-order chi connectivity index (χ0) is 11.0. The molecule has 86 valence electrons. The van der Waals surface area contributed by atoms with Gasteiger partial charge in [-0.3, -0.25) is 5.84 Å². The Balaban J connectivity index is 1.88. The van der Waals surface area contributed by atoms with Crippen LogP contribution < -0.4 is 11.3 Å². The second-order valence-corrected chi connectivity index (χ2v) is 5.46. The third kappa shape index (κ3) is 1.67. The van der Waals surface area contributed by atoms with Gasteiger partial charge in [0, 0.05) is 16.2 Å². The standard InChI is InChI=1S/C12H16N2OS/c13-14-12(9-4-2-6-15-9)11-7-8-3-1-5-10(8)16-11/h4,7,12,14H,1-3,5-6,13H2. The van der Waals surface area contributed by atoms with Crippen molar-refractivity contribution in [3.63, 3.8) is 0 Å². The molecule has 16 heavy (non-hydrogen) atoms. The first-order valence-electron chi connectivity index (χ1n) is 5.79. The van der Waals surface area contributed by atoms with Crippen LogP contribution in [0, 0.1) is 0 Å². The summed E-state index contributed by atoms with van der Waals surface area (Å²) in [6, 6.07) is 2.35. The van der Waals surface area contributed by atoms with Crippen LogP contribution in [0.2, 0.25) is 0 Å². The topological polar surface area (TPSA) is 47.3 Å². The van der Waals surface area contributed by atoms with Gasteiger partial charge in [0.05, 0.1) is 6.61 Å². The van der Waals surface area contributed by atoms with E-state index in [0.717, 1.165) is 18.8 Å². The monoisotopic (exact) mass is 236 g/mol. The zero-order valence-corrected chi connectivity index (χ0v) is 9.98. The molecule has 1 aliphatic carbocycles. The predicted molar refractivity (Wildman–Crippen MR) is 65.1 cm³/mol. The molecular weight excluding hydrogens is 220 g/mol. The quantitative estimate of drug-likeness (QED) is 0.623. The second-order valence-electron chi connectivity index (χ2n) is 4.29. The first kappa shape index (κ1) is 10.3. The van der Waals surface area contributed by atoms with E-state index in [2.05, 4.69) is 17.6 Å². The molecule has 1 aromatic rings. The molecular formula is C12H16N2OS. The van der Waals surface area contributed by atoms with Gasteiger partial charge in [0.1, 0.15) is 11.8 Å². The van der Waals surface area contributed by atoms with Crippen LogP contribution in [0.15, 0.2) is 17.9 Å². The average molecular weight is 236 g/mol. The number of nitrogens with one attached hydrogen (secondary N) is 1. The van der Waals surface area contributed by atoms with Gasteiger partial charge in [0.25, 0.3) is 0 Å². The van der Waals surface area contributed by atoms with Crippen molar-refractivity contribution in [1.82, 2.24) is 5.43 Å². The highest BCUT2D eigenvalue weighted by Gasteiger charge is 2.24. The number of fused-ring (bicyclic) bond motifs is 1. The normalized spacial score (nSPS) is 20.4. The molecule has 3 nitrogen and oxygen atoms in total. The van der Waals surface area contributed by atoms with Crippen LogP contribution in [0.25, 0.3) is 0 Å². The summed E-state index contributed by atoms with van der Waals surface area (Å²) in [6.45, 7) is 0.790. The molecule has 0 radical (unpaired) electrons. The third-order valence-corrected chi connectivity index (χ3v) is 4.54. The molecule has 0 bridgehead atoms. The van der Waals surface area contributed by atoms with E-state index >= 15 is 0 Å². The van der Waals surface area contributed by atoms with Crippen LogP contribution in [0.1, 0.15) is 34.2 Å². The summed E-state index contributed by atoms with van der Waals surface area (Å²) < 4.78 is 5.59. The van der Waals surface area contributed by atoms with Gasteiger partial charge in [-0.15, -0.1) is 11.3 Å². The van der Waals surface area contributed by atoms with Crippen molar-refractivity contribution in [1.29, 1.82) is 0 Å². The van der Waals surface area contributed by atoms with Gasteiger partial charge < -0.3 is 4.74 Å². The molecule has 0 saturated carbocycles. The highest BCUT2D eigenvalue weighted by Crippen LogP contribution is 2.36. The molecule has 0 spiro atoms. The fourth-order valence-electron chi connectivity index (χ4n) is 2.44. The van der Waals surface area contributed by atoms with Crippen molar-refractivity contribution in [3.05, 3.63) is 33.2 Å². The summed E-state index contributed by atoms with van der Waals surface area (Å²) in [5.41, 5.74) is 4.38. The van der Waals surface area contributed by atoms with E-state index in [4.69, 9.17) is 10.6 Å². The van der Waals surface area contributed by atoms with E-state index in [0.29, 0.717) is 0 Å². The van der Waals surface area contributed by atoms with E-state index in [-0.39, 0.29) is 6.04 Å². The molecule has 0 saturated heterocycles. The Morgan fingerprint density at radius 3 is 3.06 bits per heavy atom. The molecule has 1 atom stereocenters. The summed E-state index contributed by atoms with van der Waals surface area (Å²) in [5, 5.41) is 0. The molecule has 0 aromatic carbocycles. The van der Waals surface area contributed by atoms with E-state index in [9.17, 15) is 0 Å². The number of rotatable bonds is 3. The van der Waals surface area contributed by atoms with Gasteiger partial charge in [-0.1, -0.05) is 0 Å². The summed E-state index contributed by atoms with van der Waals surface area (Å²) >= 11 is 1.88. The van der Waals surface area contributed by atoms with Crippen molar-refractivity contribution >= 4 is 11.3 Å². The van der Waals surface area contributed by atoms with Crippen LogP contribution >= 0.6 is 11.3 Å². The first-order valence-corrected chi connectivity index (χ1v) is 6.60. The Hall–Kier alpha value is -0.840. The maximum Gasteiger partial charge on any atom is 0.116 e. The number of hydrogen-bond donors (Lipinski definition) is 2. The fourth-order valence-corrected chi connectivity index (χ4v) is 3.76. The van der Waals surface area contributed by atoms with Crippen LogP contribution in [-0.4, -0.2) is 6.61 Å². The Bertz CT molecular complexity index is 403. The molecule has 3 N–H and O–H groups in total. The van der Waals surface area contributed by atoms with Gasteiger partial charge >= 0.3 is 0 Å². The Labute approximate surface area is 99.3 Å². The largest absolute Gasteiger partial charge is 0.496 e. The molecule has 1 aliphatic heterocycles. The number of ether oxygens (including phenoxy) is 1. The number of nitrogens with two attached hydrogens (primary N) is 1. The highest BCUT2D eigenvalue weighted by atomic mass is 32.1. The number of thiophene rings is 1. The SMILES string of the molecule is NNC(C1=CCCO1)c1cc2c(s1)CCC2. The minimum Gasteiger partial charge on any atom is -0.496 e. The summed E-state index contributed by atoms with van der Waals surface area (Å²) in [6.07, 6.45) is 6.90. The maximum atomic E-state index is 5.64. The number of aryl methyl sites for hydroxylation is 2. The maximum absolute atomic E-state index is 5.64. The van der Waals surface area contributed by atoms with Gasteiger partial charge in [-0.25, -0.2) is 5.43 Å². The van der Waals surface area contributed by atoms with Crippen molar-refractivity contribution in [2.75, 3.05) is 6.61 Å². The van der Waals surface area contributed by atoms with Crippen molar-refractivity contribution in [3.8, 4) is 0 Å². The van der Waals surface area contributed by atoms with Crippen LogP contribution in [-0.2, 0) is 17.6 Å². The number of hydrazine groups is 1. The van der Waals surface area contributed by atoms with Crippen molar-refractivity contribution in [2.45, 2.75) is 31.7 Å². The van der Waals surface area contributed by atoms with Crippen LogP contribution in [0.5, 0.6) is 0 Å². The molecule has 2 aliphatic rings. The Morgan fingerprint density at radius 2 is 2.38 bits per heavy atom. The fraction of sp³-hybridized carbons (Fsp3) is 0.500. The molecule has 0 amide bonds. The van der Waals surface area contributed by atoms with Gasteiger partial charge in [0.15, 0.2) is 0 Å². The highest BCUT2D eigenvalue weighted by molar-refractivity contribution is 7.12. The van der Waals surface area contributed by atoms with Crippen LogP contribution in [0.4, 0.5) is 0 Å². The molecule has 2 heterocycles. The minimum atomic E-state index is 0.0538. The molecule has 4 heteroatoms. The lowest BCUT2D eigenvalue weighted by Crippen LogP contribution is -2.29. The first-order chi connectivity index (χ1) is 7.88. The van der Waals surface area contributed by atoms with Gasteiger partial charge in [-0.2, -0.15) is 0 Å². The van der Waals surface area contributed by atoms with Crippen molar-refractivity contribution in [2.24, 2.45) is 5.84 Å². The molecule has 0 fully saturated rings.